The standard InChI is InChI=1S/C24H22N4O4S/c1-16-25-20-9-5-4-8-19(20)24(30)28(16)18-14-12-17(13-15-18)23(29)26-21-10-6-7-11-22(21)33(31,32)27(2)3/h4-15H,1-3H3,(H,26,29). The number of carbonyl (C=O) groups is 1. The zero-order valence-corrected chi connectivity index (χ0v) is 19.1. The van der Waals surface area contributed by atoms with Crippen LogP contribution in [0.1, 0.15) is 16.2 Å². The molecule has 4 aromatic rings. The summed E-state index contributed by atoms with van der Waals surface area (Å²) >= 11 is 0. The Balaban J connectivity index is 1.66. The molecule has 0 radical (unpaired) electrons. The van der Waals surface area contributed by atoms with E-state index in [0.29, 0.717) is 28.0 Å². The fourth-order valence-corrected chi connectivity index (χ4v) is 4.54. The molecule has 1 heterocycles. The van der Waals surface area contributed by atoms with Crippen LogP contribution >= 0.6 is 0 Å². The number of aryl methyl sites for hydroxylation is 1. The number of amides is 1. The number of nitrogens with zero attached hydrogens (tertiary/aromatic N) is 3. The molecular formula is C24H22N4O4S. The quantitative estimate of drug-likeness (QED) is 0.491. The minimum atomic E-state index is -3.73. The zero-order valence-electron chi connectivity index (χ0n) is 18.3. The Morgan fingerprint density at radius 1 is 0.939 bits per heavy atom. The van der Waals surface area contributed by atoms with E-state index in [0.717, 1.165) is 4.31 Å². The molecule has 168 valence electrons. The van der Waals surface area contributed by atoms with E-state index in [4.69, 9.17) is 0 Å². The number of sulfonamides is 1. The predicted molar refractivity (Wildman–Crippen MR) is 127 cm³/mol. The normalized spacial score (nSPS) is 11.6. The lowest BCUT2D eigenvalue weighted by Gasteiger charge is -2.16. The second-order valence-electron chi connectivity index (χ2n) is 7.60. The molecule has 1 amide bonds. The highest BCUT2D eigenvalue weighted by molar-refractivity contribution is 7.89. The third kappa shape index (κ3) is 4.15. The highest BCUT2D eigenvalue weighted by Gasteiger charge is 2.22. The summed E-state index contributed by atoms with van der Waals surface area (Å²) in [5.41, 5.74) is 1.50. The van der Waals surface area contributed by atoms with Gasteiger partial charge >= 0.3 is 0 Å². The number of aromatic nitrogens is 2. The van der Waals surface area contributed by atoms with Crippen LogP contribution in [0, 0.1) is 6.92 Å². The number of hydrogen-bond donors (Lipinski definition) is 1. The smallest absolute Gasteiger partial charge is 0.265 e. The van der Waals surface area contributed by atoms with Crippen molar-refractivity contribution >= 4 is 32.5 Å². The van der Waals surface area contributed by atoms with Crippen LogP contribution in [0.3, 0.4) is 0 Å². The van der Waals surface area contributed by atoms with Gasteiger partial charge in [0.2, 0.25) is 10.0 Å². The molecule has 1 N–H and O–H groups in total. The molecule has 3 aromatic carbocycles. The predicted octanol–water partition coefficient (Wildman–Crippen LogP) is 3.20. The van der Waals surface area contributed by atoms with Gasteiger partial charge in [0.25, 0.3) is 11.5 Å². The third-order valence-electron chi connectivity index (χ3n) is 5.22. The first-order chi connectivity index (χ1) is 15.7. The molecule has 0 unspecified atom stereocenters. The van der Waals surface area contributed by atoms with Gasteiger partial charge in [-0.15, -0.1) is 0 Å². The molecule has 4 rings (SSSR count). The lowest BCUT2D eigenvalue weighted by Crippen LogP contribution is -2.24. The highest BCUT2D eigenvalue weighted by Crippen LogP contribution is 2.24. The van der Waals surface area contributed by atoms with E-state index in [-0.39, 0.29) is 16.1 Å². The fourth-order valence-electron chi connectivity index (χ4n) is 3.50. The van der Waals surface area contributed by atoms with Crippen molar-refractivity contribution in [2.45, 2.75) is 11.8 Å². The Hall–Kier alpha value is -3.82. The summed E-state index contributed by atoms with van der Waals surface area (Å²) in [5, 5.41) is 3.17. The molecule has 0 aliphatic rings. The number of hydrogen-bond acceptors (Lipinski definition) is 5. The van der Waals surface area contributed by atoms with Gasteiger partial charge in [-0.2, -0.15) is 0 Å². The van der Waals surface area contributed by atoms with Gasteiger partial charge < -0.3 is 5.32 Å². The van der Waals surface area contributed by atoms with Crippen LogP contribution in [0.25, 0.3) is 16.6 Å². The van der Waals surface area contributed by atoms with Gasteiger partial charge in [-0.1, -0.05) is 24.3 Å². The fraction of sp³-hybridized carbons (Fsp3) is 0.125. The summed E-state index contributed by atoms with van der Waals surface area (Å²) in [4.78, 5) is 30.3. The number of rotatable bonds is 5. The number of para-hydroxylation sites is 2. The summed E-state index contributed by atoms with van der Waals surface area (Å²) in [6.45, 7) is 1.75. The molecular weight excluding hydrogens is 440 g/mol. The molecule has 8 nitrogen and oxygen atoms in total. The van der Waals surface area contributed by atoms with Crippen molar-refractivity contribution < 1.29 is 13.2 Å². The van der Waals surface area contributed by atoms with Gasteiger partial charge in [0.1, 0.15) is 10.7 Å². The Kier molecular flexibility index (Phi) is 5.84. The van der Waals surface area contributed by atoms with E-state index in [1.54, 1.807) is 61.5 Å². The van der Waals surface area contributed by atoms with Crippen LogP contribution in [0.2, 0.25) is 0 Å². The van der Waals surface area contributed by atoms with E-state index in [9.17, 15) is 18.0 Å². The first-order valence-electron chi connectivity index (χ1n) is 10.1. The van der Waals surface area contributed by atoms with E-state index in [1.165, 1.54) is 30.8 Å². The van der Waals surface area contributed by atoms with E-state index in [2.05, 4.69) is 10.3 Å². The average Bonchev–Trinajstić information content (AvgIpc) is 2.79. The maximum absolute atomic E-state index is 13.0. The molecule has 0 spiro atoms. The van der Waals surface area contributed by atoms with Gasteiger partial charge in [-0.25, -0.2) is 17.7 Å². The number of anilines is 1. The van der Waals surface area contributed by atoms with Gasteiger partial charge in [0, 0.05) is 19.7 Å². The van der Waals surface area contributed by atoms with Crippen molar-refractivity contribution in [2.24, 2.45) is 0 Å². The van der Waals surface area contributed by atoms with Gasteiger partial charge in [0.05, 0.1) is 22.3 Å². The van der Waals surface area contributed by atoms with Crippen LogP contribution in [-0.2, 0) is 10.0 Å². The molecule has 0 saturated heterocycles. The van der Waals surface area contributed by atoms with Crippen molar-refractivity contribution in [3.8, 4) is 5.69 Å². The average molecular weight is 463 g/mol. The maximum atomic E-state index is 13.0. The van der Waals surface area contributed by atoms with Crippen molar-refractivity contribution in [1.82, 2.24) is 13.9 Å². The number of benzene rings is 3. The molecule has 33 heavy (non-hydrogen) atoms. The zero-order chi connectivity index (χ0) is 23.8. The molecule has 0 aliphatic carbocycles. The Bertz CT molecular complexity index is 1520. The van der Waals surface area contributed by atoms with Crippen LogP contribution in [0.15, 0.2) is 82.5 Å². The number of nitrogens with one attached hydrogen (secondary N) is 1. The lowest BCUT2D eigenvalue weighted by molar-refractivity contribution is 0.102. The molecule has 0 fully saturated rings. The maximum Gasteiger partial charge on any atom is 0.265 e. The minimum absolute atomic E-state index is 0.00406. The Morgan fingerprint density at radius 2 is 1.58 bits per heavy atom. The summed E-state index contributed by atoms with van der Waals surface area (Å²) in [6, 6.07) is 19.8. The first-order valence-corrected chi connectivity index (χ1v) is 11.6. The van der Waals surface area contributed by atoms with E-state index >= 15 is 0 Å². The molecule has 0 saturated carbocycles. The van der Waals surface area contributed by atoms with Crippen LogP contribution < -0.4 is 10.9 Å². The first kappa shape index (κ1) is 22.4. The number of carbonyl (C=O) groups excluding carboxylic acids is 1. The summed E-state index contributed by atoms with van der Waals surface area (Å²) in [5.74, 6) is 0.0578. The third-order valence-corrected chi connectivity index (χ3v) is 7.10. The molecule has 1 aromatic heterocycles. The van der Waals surface area contributed by atoms with Gasteiger partial charge in [0.15, 0.2) is 0 Å². The van der Waals surface area contributed by atoms with Crippen molar-refractivity contribution in [3.05, 3.63) is 94.5 Å². The monoisotopic (exact) mass is 462 g/mol. The number of fused-ring (bicyclic) bond motifs is 1. The van der Waals surface area contributed by atoms with E-state index < -0.39 is 15.9 Å². The topological polar surface area (TPSA) is 101 Å². The van der Waals surface area contributed by atoms with Crippen molar-refractivity contribution in [2.75, 3.05) is 19.4 Å². The largest absolute Gasteiger partial charge is 0.321 e. The van der Waals surface area contributed by atoms with E-state index in [1.807, 2.05) is 6.07 Å². The van der Waals surface area contributed by atoms with Crippen LogP contribution in [0.5, 0.6) is 0 Å². The minimum Gasteiger partial charge on any atom is -0.321 e. The second-order valence-corrected chi connectivity index (χ2v) is 9.72. The summed E-state index contributed by atoms with van der Waals surface area (Å²) in [7, 11) is -0.874. The SMILES string of the molecule is Cc1nc2ccccc2c(=O)n1-c1ccc(C(=O)Nc2ccccc2S(=O)(=O)N(C)C)cc1. The second kappa shape index (κ2) is 8.61. The Labute approximate surface area is 191 Å². The van der Waals surface area contributed by atoms with Crippen LogP contribution in [-0.4, -0.2) is 42.3 Å². The highest BCUT2D eigenvalue weighted by atomic mass is 32.2. The van der Waals surface area contributed by atoms with Crippen molar-refractivity contribution in [3.63, 3.8) is 0 Å². The lowest BCUT2D eigenvalue weighted by atomic mass is 10.1. The summed E-state index contributed by atoms with van der Waals surface area (Å²) < 4.78 is 27.7. The summed E-state index contributed by atoms with van der Waals surface area (Å²) in [6.07, 6.45) is 0. The van der Waals surface area contributed by atoms with Gasteiger partial charge in [-0.3, -0.25) is 14.2 Å². The van der Waals surface area contributed by atoms with Gasteiger partial charge in [-0.05, 0) is 55.5 Å². The van der Waals surface area contributed by atoms with Crippen molar-refractivity contribution in [1.29, 1.82) is 0 Å². The van der Waals surface area contributed by atoms with Crippen LogP contribution in [0.4, 0.5) is 5.69 Å². The molecule has 0 aliphatic heterocycles. The molecule has 9 heteroatoms. The molecule has 0 atom stereocenters. The molecule has 0 bridgehead atoms. The Morgan fingerprint density at radius 3 is 2.27 bits per heavy atom.